The Morgan fingerprint density at radius 3 is 2.31 bits per heavy atom. The minimum absolute atomic E-state index is 0.215. The molecule has 1 aromatic rings. The van der Waals surface area contributed by atoms with Gasteiger partial charge in [0.15, 0.2) is 0 Å². The molecule has 0 aliphatic rings. The second-order valence-electron chi connectivity index (χ2n) is 4.56. The van der Waals surface area contributed by atoms with Gasteiger partial charge in [-0.1, -0.05) is 42.8 Å². The maximum Gasteiger partial charge on any atom is 0.129 e. The number of rotatable bonds is 4. The normalized spacial score (nSPS) is 15.2. The van der Waals surface area contributed by atoms with Crippen LogP contribution in [0.15, 0.2) is 18.2 Å². The van der Waals surface area contributed by atoms with Crippen molar-refractivity contribution < 1.29 is 8.78 Å². The first kappa shape index (κ1) is 13.6. The van der Waals surface area contributed by atoms with Gasteiger partial charge in [0.2, 0.25) is 0 Å². The Kier molecular flexibility index (Phi) is 4.90. The summed E-state index contributed by atoms with van der Waals surface area (Å²) in [6.45, 7) is 6.41. The molecule has 0 aliphatic carbocycles. The van der Waals surface area contributed by atoms with E-state index in [1.807, 2.05) is 0 Å². The van der Waals surface area contributed by atoms with Gasteiger partial charge in [0.25, 0.3) is 0 Å². The minimum atomic E-state index is -0.524. The first-order valence-corrected chi connectivity index (χ1v) is 6.41. The predicted molar refractivity (Wildman–Crippen MR) is 66.8 cm³/mol. The number of alkyl halides is 1. The van der Waals surface area contributed by atoms with Gasteiger partial charge in [0.1, 0.15) is 11.6 Å². The van der Waals surface area contributed by atoms with E-state index >= 15 is 0 Å². The Bertz CT molecular complexity index is 350. The van der Waals surface area contributed by atoms with Crippen LogP contribution in [0, 0.1) is 23.5 Å². The topological polar surface area (TPSA) is 0 Å². The average molecular weight is 291 g/mol. The lowest BCUT2D eigenvalue weighted by atomic mass is 9.91. The Labute approximate surface area is 104 Å². The lowest BCUT2D eigenvalue weighted by Gasteiger charge is -2.22. The molecule has 0 aliphatic heterocycles. The Balaban J connectivity index is 2.73. The summed E-state index contributed by atoms with van der Waals surface area (Å²) in [5.41, 5.74) is 0.566. The van der Waals surface area contributed by atoms with E-state index in [-0.39, 0.29) is 4.83 Å². The molecule has 0 spiro atoms. The summed E-state index contributed by atoms with van der Waals surface area (Å²) in [7, 11) is 0. The molecule has 0 amide bonds. The van der Waals surface area contributed by atoms with Crippen molar-refractivity contribution in [1.29, 1.82) is 0 Å². The van der Waals surface area contributed by atoms with Crippen molar-refractivity contribution in [3.8, 4) is 0 Å². The summed E-state index contributed by atoms with van der Waals surface area (Å²) >= 11 is 3.57. The fraction of sp³-hybridized carbons (Fsp3) is 0.538. The Hall–Kier alpha value is -0.440. The van der Waals surface area contributed by atoms with Crippen LogP contribution in [-0.4, -0.2) is 4.83 Å². The number of benzene rings is 1. The maximum absolute atomic E-state index is 13.4. The van der Waals surface area contributed by atoms with Crippen LogP contribution in [0.1, 0.15) is 26.3 Å². The molecular formula is C13H17BrF2. The van der Waals surface area contributed by atoms with Crippen molar-refractivity contribution in [2.75, 3.05) is 0 Å². The van der Waals surface area contributed by atoms with Gasteiger partial charge in [-0.3, -0.25) is 0 Å². The van der Waals surface area contributed by atoms with E-state index in [9.17, 15) is 8.78 Å². The van der Waals surface area contributed by atoms with E-state index in [0.717, 1.165) is 6.07 Å². The molecule has 0 heterocycles. The molecule has 0 bridgehead atoms. The van der Waals surface area contributed by atoms with Crippen LogP contribution in [0.5, 0.6) is 0 Å². The van der Waals surface area contributed by atoms with Crippen molar-refractivity contribution in [1.82, 2.24) is 0 Å². The molecule has 0 fully saturated rings. The van der Waals surface area contributed by atoms with Crippen molar-refractivity contribution in [3.05, 3.63) is 35.4 Å². The molecule has 0 radical (unpaired) electrons. The zero-order chi connectivity index (χ0) is 12.3. The van der Waals surface area contributed by atoms with Crippen molar-refractivity contribution >= 4 is 15.9 Å². The second kappa shape index (κ2) is 5.76. The van der Waals surface area contributed by atoms with Crippen LogP contribution in [0.3, 0.4) is 0 Å². The van der Waals surface area contributed by atoms with Crippen LogP contribution in [0.2, 0.25) is 0 Å². The van der Waals surface area contributed by atoms with Gasteiger partial charge in [-0.15, -0.1) is 0 Å². The predicted octanol–water partition coefficient (Wildman–Crippen LogP) is 4.56. The minimum Gasteiger partial charge on any atom is -0.207 e. The molecule has 2 atom stereocenters. The number of hydrogen-bond donors (Lipinski definition) is 0. The van der Waals surface area contributed by atoms with E-state index in [4.69, 9.17) is 0 Å². The van der Waals surface area contributed by atoms with Crippen LogP contribution < -0.4 is 0 Å². The fourth-order valence-corrected chi connectivity index (χ4v) is 2.46. The highest BCUT2D eigenvalue weighted by molar-refractivity contribution is 9.09. The highest BCUT2D eigenvalue weighted by atomic mass is 79.9. The van der Waals surface area contributed by atoms with E-state index < -0.39 is 11.6 Å². The first-order chi connectivity index (χ1) is 7.41. The molecule has 1 rings (SSSR count). The monoisotopic (exact) mass is 290 g/mol. The van der Waals surface area contributed by atoms with Gasteiger partial charge in [-0.2, -0.15) is 0 Å². The summed E-state index contributed by atoms with van der Waals surface area (Å²) in [5, 5.41) is 0. The summed E-state index contributed by atoms with van der Waals surface area (Å²) in [5.74, 6) is 0.00187. The van der Waals surface area contributed by atoms with Gasteiger partial charge in [-0.05, 0) is 29.9 Å². The standard InChI is InChI=1S/C13H17BrF2/c1-8(2)9(3)12(14)6-10-4-5-11(15)7-13(10)16/h4-5,7-9,12H,6H2,1-3H3. The average Bonchev–Trinajstić information content (AvgIpc) is 2.20. The van der Waals surface area contributed by atoms with Crippen LogP contribution in [0.25, 0.3) is 0 Å². The zero-order valence-corrected chi connectivity index (χ0v) is 11.4. The number of hydrogen-bond acceptors (Lipinski definition) is 0. The van der Waals surface area contributed by atoms with Gasteiger partial charge in [0.05, 0.1) is 0 Å². The van der Waals surface area contributed by atoms with E-state index in [0.29, 0.717) is 23.8 Å². The molecule has 2 unspecified atom stereocenters. The molecule has 90 valence electrons. The molecule has 0 N–H and O–H groups in total. The molecule has 0 saturated carbocycles. The molecule has 0 nitrogen and oxygen atoms in total. The third kappa shape index (κ3) is 3.55. The van der Waals surface area contributed by atoms with E-state index in [1.165, 1.54) is 12.1 Å². The highest BCUT2D eigenvalue weighted by Crippen LogP contribution is 2.25. The molecule has 16 heavy (non-hydrogen) atoms. The third-order valence-electron chi connectivity index (χ3n) is 3.05. The highest BCUT2D eigenvalue weighted by Gasteiger charge is 2.19. The fourth-order valence-electron chi connectivity index (χ4n) is 1.50. The van der Waals surface area contributed by atoms with Crippen LogP contribution in [0.4, 0.5) is 8.78 Å². The first-order valence-electron chi connectivity index (χ1n) is 5.49. The summed E-state index contributed by atoms with van der Waals surface area (Å²) in [6.07, 6.45) is 0.589. The van der Waals surface area contributed by atoms with Crippen LogP contribution in [-0.2, 0) is 6.42 Å². The lowest BCUT2D eigenvalue weighted by Crippen LogP contribution is -2.19. The maximum atomic E-state index is 13.4. The zero-order valence-electron chi connectivity index (χ0n) is 9.81. The smallest absolute Gasteiger partial charge is 0.129 e. The summed E-state index contributed by atoms with van der Waals surface area (Å²) in [4.78, 5) is 0.215. The van der Waals surface area contributed by atoms with Gasteiger partial charge in [-0.25, -0.2) is 8.78 Å². The number of halogens is 3. The third-order valence-corrected chi connectivity index (χ3v) is 4.21. The van der Waals surface area contributed by atoms with Gasteiger partial charge < -0.3 is 0 Å². The molecule has 3 heteroatoms. The molecular weight excluding hydrogens is 274 g/mol. The van der Waals surface area contributed by atoms with Gasteiger partial charge >= 0.3 is 0 Å². The van der Waals surface area contributed by atoms with Gasteiger partial charge in [0, 0.05) is 10.9 Å². The second-order valence-corrected chi connectivity index (χ2v) is 5.74. The van der Waals surface area contributed by atoms with Crippen LogP contribution >= 0.6 is 15.9 Å². The molecule has 0 aromatic heterocycles. The Morgan fingerprint density at radius 1 is 1.19 bits per heavy atom. The SMILES string of the molecule is CC(C)C(C)C(Br)Cc1ccc(F)cc1F. The largest absolute Gasteiger partial charge is 0.207 e. The quantitative estimate of drug-likeness (QED) is 0.713. The van der Waals surface area contributed by atoms with Crippen molar-refractivity contribution in [3.63, 3.8) is 0 Å². The summed E-state index contributed by atoms with van der Waals surface area (Å²) < 4.78 is 26.1. The summed E-state index contributed by atoms with van der Waals surface area (Å²) in [6, 6.07) is 3.76. The van der Waals surface area contributed by atoms with Crippen molar-refractivity contribution in [2.24, 2.45) is 11.8 Å². The molecule has 0 saturated heterocycles. The lowest BCUT2D eigenvalue weighted by molar-refractivity contribution is 0.405. The molecule has 1 aromatic carbocycles. The van der Waals surface area contributed by atoms with Crippen molar-refractivity contribution in [2.45, 2.75) is 32.0 Å². The Morgan fingerprint density at radius 2 is 1.81 bits per heavy atom. The van der Waals surface area contributed by atoms with E-state index in [2.05, 4.69) is 36.7 Å². The van der Waals surface area contributed by atoms with E-state index in [1.54, 1.807) is 0 Å².